The van der Waals surface area contributed by atoms with Crippen LogP contribution in [-0.2, 0) is 11.3 Å². The highest BCUT2D eigenvalue weighted by atomic mass is 35.5. The van der Waals surface area contributed by atoms with E-state index in [-0.39, 0.29) is 6.54 Å². The molecule has 0 aliphatic heterocycles. The summed E-state index contributed by atoms with van der Waals surface area (Å²) in [5.41, 5.74) is -0.422. The lowest BCUT2D eigenvalue weighted by atomic mass is 10.3. The van der Waals surface area contributed by atoms with Crippen LogP contribution < -0.4 is 10.2 Å². The van der Waals surface area contributed by atoms with Crippen LogP contribution in [0.1, 0.15) is 4.88 Å². The first-order valence-electron chi connectivity index (χ1n) is 6.92. The molecule has 0 radical (unpaired) electrons. The Bertz CT molecular complexity index is 685. The van der Waals surface area contributed by atoms with E-state index in [0.29, 0.717) is 17.4 Å². The molecule has 23 heavy (non-hydrogen) atoms. The zero-order valence-corrected chi connectivity index (χ0v) is 13.8. The van der Waals surface area contributed by atoms with Crippen molar-refractivity contribution in [1.29, 1.82) is 0 Å². The number of para-hydroxylation sites is 1. The molecule has 0 aliphatic rings. The van der Waals surface area contributed by atoms with Crippen molar-refractivity contribution < 1.29 is 18.5 Å². The van der Waals surface area contributed by atoms with E-state index in [1.165, 1.54) is 17.4 Å². The second-order valence-corrected chi connectivity index (χ2v) is 6.75. The number of rotatable bonds is 7. The summed E-state index contributed by atoms with van der Waals surface area (Å²) in [5, 5.41) is 2.29. The summed E-state index contributed by atoms with van der Waals surface area (Å²) in [6.45, 7) is 4.86. The summed E-state index contributed by atoms with van der Waals surface area (Å²) in [4.78, 5) is 14.0. The van der Waals surface area contributed by atoms with Gasteiger partial charge in [0.1, 0.15) is 23.9 Å². The van der Waals surface area contributed by atoms with Crippen LogP contribution in [0.15, 0.2) is 43.0 Å². The van der Waals surface area contributed by atoms with Crippen molar-refractivity contribution in [3.8, 4) is 0 Å². The number of benzene rings is 1. The van der Waals surface area contributed by atoms with E-state index >= 15 is 0 Å². The van der Waals surface area contributed by atoms with E-state index in [4.69, 9.17) is 11.6 Å². The minimum Gasteiger partial charge on any atom is -0.319 e. The number of thiophene rings is 1. The molecule has 1 unspecified atom stereocenters. The van der Waals surface area contributed by atoms with Gasteiger partial charge in [-0.15, -0.1) is 11.3 Å². The second kappa shape index (κ2) is 8.19. The molecule has 1 aromatic carbocycles. The molecular weight excluding hydrogens is 342 g/mol. The fourth-order valence-corrected chi connectivity index (χ4v) is 3.29. The smallest absolute Gasteiger partial charge is 0.279 e. The first-order chi connectivity index (χ1) is 11.0. The van der Waals surface area contributed by atoms with Crippen LogP contribution in [0.3, 0.4) is 0 Å². The van der Waals surface area contributed by atoms with Crippen molar-refractivity contribution in [3.05, 3.63) is 63.8 Å². The molecule has 2 rings (SSSR count). The van der Waals surface area contributed by atoms with Gasteiger partial charge in [0.15, 0.2) is 6.54 Å². The zero-order valence-electron chi connectivity index (χ0n) is 12.2. The minimum absolute atomic E-state index is 0.0648. The van der Waals surface area contributed by atoms with Crippen molar-refractivity contribution in [2.24, 2.45) is 0 Å². The Morgan fingerprint density at radius 2 is 2.00 bits per heavy atom. The minimum atomic E-state index is -0.798. The van der Waals surface area contributed by atoms with Crippen LogP contribution in [0.5, 0.6) is 0 Å². The normalized spacial score (nSPS) is 12.0. The van der Waals surface area contributed by atoms with Crippen LogP contribution in [0.25, 0.3) is 0 Å². The first kappa shape index (κ1) is 17.6. The number of nitrogens with one attached hydrogen (secondary N) is 2. The summed E-state index contributed by atoms with van der Waals surface area (Å²) in [5.74, 6) is -2.06. The van der Waals surface area contributed by atoms with E-state index in [2.05, 4.69) is 11.9 Å². The van der Waals surface area contributed by atoms with Gasteiger partial charge >= 0.3 is 0 Å². The lowest BCUT2D eigenvalue weighted by molar-refractivity contribution is -0.899. The third kappa shape index (κ3) is 5.13. The van der Waals surface area contributed by atoms with Crippen LogP contribution in [0, 0.1) is 11.6 Å². The average Bonchev–Trinajstić information content (AvgIpc) is 2.88. The lowest BCUT2D eigenvalue weighted by Gasteiger charge is -2.17. The Kier molecular flexibility index (Phi) is 6.27. The number of carbonyl (C=O) groups excluding carboxylic acids is 1. The van der Waals surface area contributed by atoms with Crippen LogP contribution in [0.4, 0.5) is 14.5 Å². The van der Waals surface area contributed by atoms with E-state index in [1.807, 2.05) is 6.07 Å². The second-order valence-electron chi connectivity index (χ2n) is 4.95. The molecule has 1 atom stereocenters. The number of carbonyl (C=O) groups is 1. The molecule has 0 spiro atoms. The van der Waals surface area contributed by atoms with Gasteiger partial charge in [0.2, 0.25) is 0 Å². The van der Waals surface area contributed by atoms with Gasteiger partial charge in [0.25, 0.3) is 5.91 Å². The topological polar surface area (TPSA) is 33.5 Å². The monoisotopic (exact) mass is 357 g/mol. The molecule has 0 saturated heterocycles. The number of halogens is 3. The van der Waals surface area contributed by atoms with Crippen molar-refractivity contribution >= 4 is 34.5 Å². The summed E-state index contributed by atoms with van der Waals surface area (Å²) in [7, 11) is 0. The van der Waals surface area contributed by atoms with Gasteiger partial charge in [-0.3, -0.25) is 4.79 Å². The standard InChI is InChI=1S/C16H15ClF2N2OS/c1-2-8-21(9-11-6-7-14(17)23-11)10-15(22)20-16-12(18)4-3-5-13(16)19/h2-7H,1,8-10H2,(H,20,22)/p+1. The van der Waals surface area contributed by atoms with Crippen LogP contribution >= 0.6 is 22.9 Å². The maximum absolute atomic E-state index is 13.6. The number of hydrogen-bond donors (Lipinski definition) is 2. The fourth-order valence-electron chi connectivity index (χ4n) is 2.13. The largest absolute Gasteiger partial charge is 0.319 e. The maximum atomic E-state index is 13.6. The quantitative estimate of drug-likeness (QED) is 0.734. The Hall–Kier alpha value is -1.76. The Labute approximate surface area is 142 Å². The molecule has 1 amide bonds. The maximum Gasteiger partial charge on any atom is 0.279 e. The van der Waals surface area contributed by atoms with Crippen LogP contribution in [-0.4, -0.2) is 19.0 Å². The van der Waals surface area contributed by atoms with Gasteiger partial charge in [-0.1, -0.05) is 24.2 Å². The summed E-state index contributed by atoms with van der Waals surface area (Å²) in [6.07, 6.45) is 1.70. The third-order valence-electron chi connectivity index (χ3n) is 3.12. The molecule has 3 nitrogen and oxygen atoms in total. The molecule has 122 valence electrons. The van der Waals surface area contributed by atoms with E-state index in [1.54, 1.807) is 12.1 Å². The molecule has 0 aliphatic carbocycles. The number of hydrogen-bond acceptors (Lipinski definition) is 2. The van der Waals surface area contributed by atoms with Gasteiger partial charge in [-0.05, 0) is 30.3 Å². The highest BCUT2D eigenvalue weighted by Gasteiger charge is 2.18. The highest BCUT2D eigenvalue weighted by Crippen LogP contribution is 2.20. The van der Waals surface area contributed by atoms with E-state index in [9.17, 15) is 13.6 Å². The summed E-state index contributed by atoms with van der Waals surface area (Å²) >= 11 is 7.33. The molecule has 0 bridgehead atoms. The predicted octanol–water partition coefficient (Wildman–Crippen LogP) is 2.89. The zero-order chi connectivity index (χ0) is 16.8. The van der Waals surface area contributed by atoms with Crippen molar-refractivity contribution in [2.45, 2.75) is 6.54 Å². The molecule has 1 heterocycles. The molecule has 0 saturated carbocycles. The molecule has 7 heteroatoms. The molecule has 2 aromatic rings. The Morgan fingerprint density at radius 3 is 2.57 bits per heavy atom. The van der Waals surface area contributed by atoms with Crippen molar-refractivity contribution in [2.75, 3.05) is 18.4 Å². The molecule has 2 N–H and O–H groups in total. The number of amides is 1. The number of anilines is 1. The third-order valence-corrected chi connectivity index (χ3v) is 4.35. The predicted molar refractivity (Wildman–Crippen MR) is 88.9 cm³/mol. The summed E-state index contributed by atoms with van der Waals surface area (Å²) < 4.78 is 27.8. The van der Waals surface area contributed by atoms with E-state index < -0.39 is 23.2 Å². The Balaban J connectivity index is 2.01. The summed E-state index contributed by atoms with van der Waals surface area (Å²) in [6, 6.07) is 7.13. The average molecular weight is 358 g/mol. The molecular formula is C16H16ClF2N2OS+. The highest BCUT2D eigenvalue weighted by molar-refractivity contribution is 7.16. The molecule has 1 aromatic heterocycles. The molecule has 0 fully saturated rings. The van der Waals surface area contributed by atoms with E-state index in [0.717, 1.165) is 21.9 Å². The number of quaternary nitrogens is 1. The van der Waals surface area contributed by atoms with Gasteiger partial charge in [-0.25, -0.2) is 8.78 Å². The van der Waals surface area contributed by atoms with Gasteiger partial charge in [-0.2, -0.15) is 0 Å². The van der Waals surface area contributed by atoms with Gasteiger partial charge < -0.3 is 10.2 Å². The van der Waals surface area contributed by atoms with Gasteiger partial charge in [0, 0.05) is 0 Å². The van der Waals surface area contributed by atoms with Crippen molar-refractivity contribution in [3.63, 3.8) is 0 Å². The fraction of sp³-hybridized carbons (Fsp3) is 0.188. The first-order valence-corrected chi connectivity index (χ1v) is 8.11. The van der Waals surface area contributed by atoms with Gasteiger partial charge in [0.05, 0.1) is 15.8 Å². The SMILES string of the molecule is C=CC[NH+](CC(=O)Nc1c(F)cccc1F)Cc1ccc(Cl)s1. The Morgan fingerprint density at radius 1 is 1.30 bits per heavy atom. The van der Waals surface area contributed by atoms with Crippen LogP contribution in [0.2, 0.25) is 4.34 Å². The van der Waals surface area contributed by atoms with Crippen molar-refractivity contribution in [1.82, 2.24) is 0 Å². The lowest BCUT2D eigenvalue weighted by Crippen LogP contribution is -3.11.